The molecule has 1 unspecified atom stereocenters. The van der Waals surface area contributed by atoms with Crippen molar-refractivity contribution < 1.29 is 34.8 Å². The fourth-order valence-electron chi connectivity index (χ4n) is 5.38. The monoisotopic (exact) mass is 514 g/mol. The quantitative estimate of drug-likeness (QED) is 0.343. The third kappa shape index (κ3) is 11.5. The highest BCUT2D eigenvalue weighted by Crippen LogP contribution is 2.33. The number of hydrogen-bond donors (Lipinski definition) is 4. The molecule has 2 aliphatic rings. The highest BCUT2D eigenvalue weighted by molar-refractivity contribution is 5.69. The van der Waals surface area contributed by atoms with Gasteiger partial charge in [-0.25, -0.2) is 0 Å². The third-order valence-electron chi connectivity index (χ3n) is 7.68. The van der Waals surface area contributed by atoms with Crippen LogP contribution in [0.15, 0.2) is 0 Å². The Morgan fingerprint density at radius 1 is 0.611 bits per heavy atom. The minimum absolute atomic E-state index is 0.0374. The molecule has 2 fully saturated rings. The lowest BCUT2D eigenvalue weighted by Gasteiger charge is -2.40. The summed E-state index contributed by atoms with van der Waals surface area (Å²) in [4.78, 5) is 41.9. The number of hydrogen-bond acceptors (Lipinski definition) is 8. The summed E-state index contributed by atoms with van der Waals surface area (Å²) in [6.07, 6.45) is 7.13. The van der Waals surface area contributed by atoms with Crippen molar-refractivity contribution >= 4 is 17.9 Å². The molecule has 208 valence electrons. The van der Waals surface area contributed by atoms with Gasteiger partial charge >= 0.3 is 17.9 Å². The maximum atomic E-state index is 11.5. The summed E-state index contributed by atoms with van der Waals surface area (Å²) in [5.74, 6) is -2.79. The molecule has 1 saturated heterocycles. The average molecular weight is 515 g/mol. The van der Waals surface area contributed by atoms with Gasteiger partial charge in [0.25, 0.3) is 0 Å². The fraction of sp³-hybridized carbons (Fsp3) is 0.880. The number of aliphatic hydroxyl groups is 1. The molecule has 2 rings (SSSR count). The van der Waals surface area contributed by atoms with E-state index in [1.54, 1.807) is 4.90 Å². The maximum absolute atomic E-state index is 11.5. The second-order valence-electron chi connectivity index (χ2n) is 10.6. The first-order valence-corrected chi connectivity index (χ1v) is 13.3. The molecule has 1 atom stereocenters. The van der Waals surface area contributed by atoms with E-state index in [1.165, 1.54) is 6.42 Å². The summed E-state index contributed by atoms with van der Waals surface area (Å²) >= 11 is 0. The molecule has 0 aromatic carbocycles. The molecular weight excluding hydrogens is 468 g/mol. The number of rotatable bonds is 9. The van der Waals surface area contributed by atoms with E-state index in [9.17, 15) is 34.8 Å². The van der Waals surface area contributed by atoms with Crippen molar-refractivity contribution in [3.8, 4) is 0 Å². The number of nitrogens with zero attached hydrogens (tertiary/aromatic N) is 4. The topological polar surface area (TPSA) is 145 Å². The Bertz CT molecular complexity index is 668. The zero-order valence-electron chi connectivity index (χ0n) is 21.8. The molecule has 11 nitrogen and oxygen atoms in total. The van der Waals surface area contributed by atoms with Crippen molar-refractivity contribution in [1.82, 2.24) is 19.6 Å². The van der Waals surface area contributed by atoms with E-state index < -0.39 is 23.5 Å². The SMILES string of the molecule is CC(CN1CCN(CC(=O)O)CCN(CC(=O)O)CCN(CC(=O)O)CC1)C1(O)CCCCCCC1. The van der Waals surface area contributed by atoms with Crippen LogP contribution in [-0.4, -0.2) is 142 Å². The van der Waals surface area contributed by atoms with Crippen molar-refractivity contribution in [2.24, 2.45) is 5.92 Å². The molecular formula is C25H46N4O7. The summed E-state index contributed by atoms with van der Waals surface area (Å²) in [6.45, 7) is 6.08. The molecule has 0 aromatic rings. The molecule has 0 amide bonds. The normalized spacial score (nSPS) is 23.5. The molecule has 36 heavy (non-hydrogen) atoms. The lowest BCUT2D eigenvalue weighted by Crippen LogP contribution is -2.50. The van der Waals surface area contributed by atoms with Crippen molar-refractivity contribution in [2.45, 2.75) is 57.5 Å². The van der Waals surface area contributed by atoms with Gasteiger partial charge in [0, 0.05) is 58.9 Å². The highest BCUT2D eigenvalue weighted by atomic mass is 16.4. The zero-order chi connectivity index (χ0) is 26.6. The van der Waals surface area contributed by atoms with Gasteiger partial charge in [0.2, 0.25) is 0 Å². The fourth-order valence-corrected chi connectivity index (χ4v) is 5.38. The number of carboxylic acids is 3. The van der Waals surface area contributed by atoms with Crippen molar-refractivity contribution in [3.05, 3.63) is 0 Å². The first kappa shape index (κ1) is 30.4. The van der Waals surface area contributed by atoms with E-state index in [0.717, 1.165) is 38.5 Å². The molecule has 1 saturated carbocycles. The van der Waals surface area contributed by atoms with Gasteiger partial charge < -0.3 is 25.3 Å². The summed E-state index contributed by atoms with van der Waals surface area (Å²) in [5.41, 5.74) is -0.719. The molecule has 4 N–H and O–H groups in total. The molecule has 0 radical (unpaired) electrons. The first-order chi connectivity index (χ1) is 17.1. The Morgan fingerprint density at radius 3 is 1.25 bits per heavy atom. The van der Waals surface area contributed by atoms with Crippen LogP contribution in [0.25, 0.3) is 0 Å². The van der Waals surface area contributed by atoms with E-state index in [2.05, 4.69) is 11.8 Å². The van der Waals surface area contributed by atoms with Gasteiger partial charge in [-0.1, -0.05) is 39.0 Å². The summed E-state index contributed by atoms with van der Waals surface area (Å²) in [5, 5.41) is 39.5. The third-order valence-corrected chi connectivity index (χ3v) is 7.68. The van der Waals surface area contributed by atoms with Gasteiger partial charge in [-0.3, -0.25) is 29.1 Å². The van der Waals surface area contributed by atoms with Crippen LogP contribution in [0.2, 0.25) is 0 Å². The molecule has 11 heteroatoms. The van der Waals surface area contributed by atoms with Crippen molar-refractivity contribution in [2.75, 3.05) is 78.5 Å². The van der Waals surface area contributed by atoms with Gasteiger partial charge in [0.05, 0.1) is 25.2 Å². The van der Waals surface area contributed by atoms with Gasteiger partial charge in [-0.05, 0) is 18.8 Å². The van der Waals surface area contributed by atoms with Crippen LogP contribution in [0.5, 0.6) is 0 Å². The van der Waals surface area contributed by atoms with Crippen LogP contribution in [-0.2, 0) is 14.4 Å². The second kappa shape index (κ2) is 15.5. The van der Waals surface area contributed by atoms with Crippen molar-refractivity contribution in [1.29, 1.82) is 0 Å². The standard InChI is InChI=1S/C25H46N4O7/c1-21(25(36)7-5-3-2-4-6-8-25)17-26-9-11-27(18-22(30)31)13-15-29(20-24(34)35)16-14-28(12-10-26)19-23(32)33/h21,36H,2-20H2,1H3,(H,30,31)(H,32,33)(H,34,35). The van der Waals surface area contributed by atoms with Crippen molar-refractivity contribution in [3.63, 3.8) is 0 Å². The Hall–Kier alpha value is -1.79. The molecule has 1 aliphatic carbocycles. The summed E-state index contributed by atoms with van der Waals surface area (Å²) < 4.78 is 0. The average Bonchev–Trinajstić information content (AvgIpc) is 2.77. The van der Waals surface area contributed by atoms with Gasteiger partial charge in [-0.2, -0.15) is 0 Å². The van der Waals surface area contributed by atoms with Crippen LogP contribution in [0.3, 0.4) is 0 Å². The lowest BCUT2D eigenvalue weighted by molar-refractivity contribution is -0.140. The zero-order valence-corrected chi connectivity index (χ0v) is 21.8. The predicted molar refractivity (Wildman–Crippen MR) is 135 cm³/mol. The molecule has 1 heterocycles. The molecule has 1 aliphatic heterocycles. The van der Waals surface area contributed by atoms with E-state index in [4.69, 9.17) is 0 Å². The van der Waals surface area contributed by atoms with E-state index in [-0.39, 0.29) is 25.6 Å². The lowest BCUT2D eigenvalue weighted by atomic mass is 9.78. The van der Waals surface area contributed by atoms with Crippen LogP contribution in [0.4, 0.5) is 0 Å². The number of carboxylic acid groups (broad SMARTS) is 3. The summed E-state index contributed by atoms with van der Waals surface area (Å²) in [7, 11) is 0. The maximum Gasteiger partial charge on any atom is 0.317 e. The Morgan fingerprint density at radius 2 is 0.917 bits per heavy atom. The molecule has 0 spiro atoms. The van der Waals surface area contributed by atoms with Crippen LogP contribution in [0.1, 0.15) is 51.9 Å². The molecule has 0 bridgehead atoms. The minimum atomic E-state index is -0.969. The van der Waals surface area contributed by atoms with Crippen LogP contribution < -0.4 is 0 Å². The second-order valence-corrected chi connectivity index (χ2v) is 10.6. The Kier molecular flexibility index (Phi) is 13.1. The van der Waals surface area contributed by atoms with Gasteiger partial charge in [0.15, 0.2) is 0 Å². The van der Waals surface area contributed by atoms with Crippen LogP contribution >= 0.6 is 0 Å². The highest BCUT2D eigenvalue weighted by Gasteiger charge is 2.34. The number of aliphatic carboxylic acids is 3. The Balaban J connectivity index is 2.14. The molecule has 0 aromatic heterocycles. The largest absolute Gasteiger partial charge is 0.480 e. The van der Waals surface area contributed by atoms with E-state index >= 15 is 0 Å². The minimum Gasteiger partial charge on any atom is -0.480 e. The first-order valence-electron chi connectivity index (χ1n) is 13.3. The van der Waals surface area contributed by atoms with Gasteiger partial charge in [-0.15, -0.1) is 0 Å². The predicted octanol–water partition coefficient (Wildman–Crippen LogP) is 0.573. The van der Waals surface area contributed by atoms with Crippen LogP contribution in [0, 0.1) is 5.92 Å². The number of carbonyl (C=O) groups is 3. The van der Waals surface area contributed by atoms with E-state index in [1.807, 2.05) is 9.80 Å². The Labute approximate surface area is 214 Å². The van der Waals surface area contributed by atoms with E-state index in [0.29, 0.717) is 58.9 Å². The smallest absolute Gasteiger partial charge is 0.317 e. The summed E-state index contributed by atoms with van der Waals surface area (Å²) in [6, 6.07) is 0. The van der Waals surface area contributed by atoms with Gasteiger partial charge in [0.1, 0.15) is 0 Å².